The van der Waals surface area contributed by atoms with Gasteiger partial charge in [-0.3, -0.25) is 0 Å². The lowest BCUT2D eigenvalue weighted by atomic mass is 9.44. The molecule has 0 amide bonds. The van der Waals surface area contributed by atoms with Crippen molar-refractivity contribution >= 4 is 14.8 Å². The summed E-state index contributed by atoms with van der Waals surface area (Å²) < 4.78 is 0. The third kappa shape index (κ3) is 6.71. The van der Waals surface area contributed by atoms with E-state index in [2.05, 4.69) is 45.3 Å². The van der Waals surface area contributed by atoms with Crippen molar-refractivity contribution < 1.29 is 0 Å². The minimum atomic E-state index is -0.930. The zero-order valence-corrected chi connectivity index (χ0v) is 10.4. The molecule has 0 aliphatic carbocycles. The van der Waals surface area contributed by atoms with E-state index in [1.807, 2.05) is 0 Å². The maximum absolute atomic E-state index is 2.46. The highest BCUT2D eigenvalue weighted by Gasteiger charge is 2.08. The average molecular weight is 182 g/mol. The molecule has 0 aromatic carbocycles. The highest BCUT2D eigenvalue weighted by Crippen LogP contribution is 2.08. The highest BCUT2D eigenvalue weighted by atomic mass is 28.3. The molecule has 0 radical (unpaired) electrons. The Morgan fingerprint density at radius 1 is 1.08 bits per heavy atom. The Labute approximate surface area is 79.5 Å². The van der Waals surface area contributed by atoms with Crippen LogP contribution in [0, 0.1) is 0 Å². The second-order valence-electron chi connectivity index (χ2n) is 4.69. The van der Waals surface area contributed by atoms with Gasteiger partial charge in [-0.05, 0) is 0 Å². The monoisotopic (exact) mass is 182 g/mol. The molecule has 0 aliphatic rings. The van der Waals surface area contributed by atoms with Crippen LogP contribution < -0.4 is 0 Å². The van der Waals surface area contributed by atoms with Gasteiger partial charge in [-0.1, -0.05) is 64.2 Å². The molecule has 0 aliphatic heterocycles. The van der Waals surface area contributed by atoms with Gasteiger partial charge in [0.2, 0.25) is 0 Å². The number of hydrogen-bond acceptors (Lipinski definition) is 0. The topological polar surface area (TPSA) is 0 Å². The fourth-order valence-electron chi connectivity index (χ4n) is 1.24. The smallest absolute Gasteiger partial charge is 0.0996 e. The van der Waals surface area contributed by atoms with Crippen LogP contribution >= 0.6 is 0 Å². The predicted molar refractivity (Wildman–Crippen MR) is 64.0 cm³/mol. The summed E-state index contributed by atoms with van der Waals surface area (Å²) in [6, 6.07) is 0. The fraction of sp³-hybridized carbons (Fsp3) is 0.800. The Kier molecular flexibility index (Phi) is 5.64. The van der Waals surface area contributed by atoms with Gasteiger partial charge < -0.3 is 0 Å². The molecular formula is C10H23BSi. The first-order valence-corrected chi connectivity index (χ1v) is 8.75. The maximum atomic E-state index is 2.46. The standard InChI is InChI=1S/C10H23BSi/c1-6-11(7-2)9-8-10-12(3,4)5/h8,10H,6-7,9H2,1-5H3/b10-8+. The predicted octanol–water partition coefficient (Wildman–Crippen LogP) is 3.95. The Hall–Kier alpha value is 0.0218. The number of rotatable bonds is 5. The van der Waals surface area contributed by atoms with Gasteiger partial charge in [0.1, 0.15) is 6.71 Å². The first-order valence-electron chi connectivity index (χ1n) is 5.17. The van der Waals surface area contributed by atoms with Crippen LogP contribution in [0.4, 0.5) is 0 Å². The van der Waals surface area contributed by atoms with Crippen LogP contribution in [0.2, 0.25) is 38.6 Å². The Bertz CT molecular complexity index is 131. The Balaban J connectivity index is 3.73. The molecule has 0 rings (SSSR count). The van der Waals surface area contributed by atoms with Crippen LogP contribution in [0.15, 0.2) is 11.8 Å². The van der Waals surface area contributed by atoms with Crippen molar-refractivity contribution in [3.05, 3.63) is 11.8 Å². The van der Waals surface area contributed by atoms with Crippen LogP contribution in [0.3, 0.4) is 0 Å². The summed E-state index contributed by atoms with van der Waals surface area (Å²) in [7, 11) is -0.930. The second-order valence-corrected chi connectivity index (χ2v) is 9.75. The minimum Gasteiger partial charge on any atom is -0.0996 e. The van der Waals surface area contributed by atoms with E-state index in [-0.39, 0.29) is 0 Å². The van der Waals surface area contributed by atoms with E-state index in [9.17, 15) is 0 Å². The van der Waals surface area contributed by atoms with Gasteiger partial charge in [0.15, 0.2) is 0 Å². The van der Waals surface area contributed by atoms with Crippen LogP contribution in [0.5, 0.6) is 0 Å². The molecule has 0 saturated heterocycles. The van der Waals surface area contributed by atoms with Gasteiger partial charge in [-0.25, -0.2) is 0 Å². The lowest BCUT2D eigenvalue weighted by molar-refractivity contribution is 1.28. The van der Waals surface area contributed by atoms with Gasteiger partial charge in [-0.15, -0.1) is 0 Å². The average Bonchev–Trinajstić information content (AvgIpc) is 1.96. The molecule has 0 heterocycles. The van der Waals surface area contributed by atoms with Crippen LogP contribution in [-0.4, -0.2) is 14.8 Å². The van der Waals surface area contributed by atoms with Crippen molar-refractivity contribution in [2.24, 2.45) is 0 Å². The summed E-state index contributed by atoms with van der Waals surface area (Å²) >= 11 is 0. The van der Waals surface area contributed by atoms with Crippen molar-refractivity contribution in [3.63, 3.8) is 0 Å². The van der Waals surface area contributed by atoms with E-state index in [1.165, 1.54) is 19.0 Å². The summed E-state index contributed by atoms with van der Waals surface area (Å²) in [6.07, 6.45) is 6.35. The molecule has 0 saturated carbocycles. The molecule has 0 N–H and O–H groups in total. The molecule has 0 bridgehead atoms. The second kappa shape index (κ2) is 5.63. The quantitative estimate of drug-likeness (QED) is 0.564. The first kappa shape index (κ1) is 12.0. The van der Waals surface area contributed by atoms with E-state index < -0.39 is 8.07 Å². The van der Waals surface area contributed by atoms with Gasteiger partial charge in [-0.2, -0.15) is 0 Å². The van der Waals surface area contributed by atoms with E-state index in [0.29, 0.717) is 0 Å². The van der Waals surface area contributed by atoms with E-state index >= 15 is 0 Å². The van der Waals surface area contributed by atoms with Crippen LogP contribution in [-0.2, 0) is 0 Å². The lowest BCUT2D eigenvalue weighted by Gasteiger charge is -2.09. The summed E-state index contributed by atoms with van der Waals surface area (Å²) in [4.78, 5) is 0. The first-order chi connectivity index (χ1) is 5.49. The molecule has 70 valence electrons. The molecule has 0 spiro atoms. The third-order valence-electron chi connectivity index (χ3n) is 2.24. The summed E-state index contributed by atoms with van der Waals surface area (Å²) in [6.45, 7) is 12.6. The largest absolute Gasteiger partial charge is 0.143 e. The third-order valence-corrected chi connectivity index (χ3v) is 3.48. The maximum Gasteiger partial charge on any atom is 0.143 e. The zero-order chi connectivity index (χ0) is 9.61. The summed E-state index contributed by atoms with van der Waals surface area (Å²) in [5.74, 6) is 0. The molecule has 0 fully saturated rings. The summed E-state index contributed by atoms with van der Waals surface area (Å²) in [5.41, 5.74) is 2.46. The number of hydrogen-bond donors (Lipinski definition) is 0. The fourth-order valence-corrected chi connectivity index (χ4v) is 2.08. The summed E-state index contributed by atoms with van der Waals surface area (Å²) in [5, 5.41) is 0. The van der Waals surface area contributed by atoms with Crippen molar-refractivity contribution in [3.8, 4) is 0 Å². The number of allylic oxidation sites excluding steroid dienone is 1. The molecule has 2 heteroatoms. The molecule has 0 unspecified atom stereocenters. The minimum absolute atomic E-state index is 0.914. The van der Waals surface area contributed by atoms with Gasteiger partial charge in [0.25, 0.3) is 0 Å². The Morgan fingerprint density at radius 3 is 1.92 bits per heavy atom. The van der Waals surface area contributed by atoms with Crippen molar-refractivity contribution in [2.45, 2.75) is 52.4 Å². The van der Waals surface area contributed by atoms with Crippen molar-refractivity contribution in [1.29, 1.82) is 0 Å². The van der Waals surface area contributed by atoms with E-state index in [4.69, 9.17) is 0 Å². The van der Waals surface area contributed by atoms with Crippen LogP contribution in [0.1, 0.15) is 13.8 Å². The van der Waals surface area contributed by atoms with Gasteiger partial charge in [0.05, 0.1) is 8.07 Å². The zero-order valence-electron chi connectivity index (χ0n) is 9.35. The van der Waals surface area contributed by atoms with Crippen LogP contribution in [0.25, 0.3) is 0 Å². The Morgan fingerprint density at radius 2 is 1.58 bits per heavy atom. The molecule has 12 heavy (non-hydrogen) atoms. The van der Waals surface area contributed by atoms with Crippen molar-refractivity contribution in [1.82, 2.24) is 0 Å². The SMILES string of the molecule is CCB(CC)C/C=C/[Si](C)(C)C. The molecule has 0 nitrogen and oxygen atoms in total. The van der Waals surface area contributed by atoms with Gasteiger partial charge in [0, 0.05) is 0 Å². The van der Waals surface area contributed by atoms with Crippen molar-refractivity contribution in [2.75, 3.05) is 0 Å². The lowest BCUT2D eigenvalue weighted by Crippen LogP contribution is -2.16. The normalized spacial score (nSPS) is 12.4. The van der Waals surface area contributed by atoms with Gasteiger partial charge >= 0.3 is 0 Å². The molecule has 0 aromatic rings. The molecule has 0 aromatic heterocycles. The van der Waals surface area contributed by atoms with E-state index in [1.54, 1.807) is 0 Å². The van der Waals surface area contributed by atoms with E-state index in [0.717, 1.165) is 6.71 Å². The highest BCUT2D eigenvalue weighted by molar-refractivity contribution is 6.81. The molecular weight excluding hydrogens is 159 g/mol. The molecule has 0 atom stereocenters.